The van der Waals surface area contributed by atoms with Crippen molar-refractivity contribution in [1.29, 1.82) is 0 Å². The van der Waals surface area contributed by atoms with E-state index in [-0.39, 0.29) is 5.91 Å². The summed E-state index contributed by atoms with van der Waals surface area (Å²) in [6.45, 7) is 2.80. The Morgan fingerprint density at radius 2 is 2.31 bits per heavy atom. The van der Waals surface area contributed by atoms with E-state index in [0.717, 1.165) is 17.7 Å². The van der Waals surface area contributed by atoms with Crippen LogP contribution in [-0.4, -0.2) is 32.9 Å². The van der Waals surface area contributed by atoms with Crippen LogP contribution in [0.5, 0.6) is 0 Å². The number of nitrogens with zero attached hydrogens (tertiary/aromatic N) is 3. The van der Waals surface area contributed by atoms with Crippen molar-refractivity contribution in [2.45, 2.75) is 25.3 Å². The summed E-state index contributed by atoms with van der Waals surface area (Å²) in [6, 6.07) is 1.80. The first kappa shape index (κ1) is 11.6. The van der Waals surface area contributed by atoms with Crippen LogP contribution in [0.25, 0.3) is 0 Å². The third-order valence-corrected chi connectivity index (χ3v) is 2.95. The standard InChI is InChI=1S/C10H11Cl2N3O/c1-6(11)10(16)15-3-2-7-4-9(12)14-13-8(7)5-15/h4,6H,2-3,5H2,1H3. The van der Waals surface area contributed by atoms with Crippen LogP contribution >= 0.6 is 23.2 Å². The van der Waals surface area contributed by atoms with Crippen molar-refractivity contribution in [2.75, 3.05) is 6.54 Å². The monoisotopic (exact) mass is 259 g/mol. The summed E-state index contributed by atoms with van der Waals surface area (Å²) in [5, 5.41) is 7.66. The Labute approximate surface area is 104 Å². The van der Waals surface area contributed by atoms with E-state index in [1.54, 1.807) is 17.9 Å². The number of carbonyl (C=O) groups is 1. The van der Waals surface area contributed by atoms with Crippen LogP contribution in [0.4, 0.5) is 0 Å². The lowest BCUT2D eigenvalue weighted by Gasteiger charge is -2.28. The normalized spacial score (nSPS) is 16.8. The molecule has 4 nitrogen and oxygen atoms in total. The SMILES string of the molecule is CC(Cl)C(=O)N1CCc2cc(Cl)nnc2C1. The fraction of sp³-hybridized carbons (Fsp3) is 0.500. The van der Waals surface area contributed by atoms with Crippen molar-refractivity contribution >= 4 is 29.1 Å². The smallest absolute Gasteiger partial charge is 0.240 e. The van der Waals surface area contributed by atoms with Crippen LogP contribution in [0, 0.1) is 0 Å². The Bertz CT molecular complexity index is 423. The number of alkyl halides is 1. The van der Waals surface area contributed by atoms with E-state index >= 15 is 0 Å². The third-order valence-electron chi connectivity index (χ3n) is 2.57. The van der Waals surface area contributed by atoms with Gasteiger partial charge >= 0.3 is 0 Å². The summed E-state index contributed by atoms with van der Waals surface area (Å²) in [7, 11) is 0. The molecule has 1 aliphatic rings. The summed E-state index contributed by atoms with van der Waals surface area (Å²) in [5.41, 5.74) is 1.87. The van der Waals surface area contributed by atoms with Gasteiger partial charge in [-0.2, -0.15) is 5.10 Å². The van der Waals surface area contributed by atoms with Gasteiger partial charge in [-0.1, -0.05) is 11.6 Å². The number of halogens is 2. The first-order valence-electron chi connectivity index (χ1n) is 5.02. The number of rotatable bonds is 1. The average molecular weight is 260 g/mol. The van der Waals surface area contributed by atoms with E-state index in [1.807, 2.05) is 0 Å². The third kappa shape index (κ3) is 2.28. The molecule has 1 aromatic rings. The Kier molecular flexibility index (Phi) is 3.30. The van der Waals surface area contributed by atoms with Crippen LogP contribution in [0.15, 0.2) is 6.07 Å². The number of aromatic nitrogens is 2. The van der Waals surface area contributed by atoms with Crippen molar-refractivity contribution in [3.63, 3.8) is 0 Å². The second-order valence-corrected chi connectivity index (χ2v) is 4.81. The topological polar surface area (TPSA) is 46.1 Å². The molecule has 1 unspecified atom stereocenters. The molecule has 16 heavy (non-hydrogen) atoms. The Balaban J connectivity index is 2.18. The predicted molar refractivity (Wildman–Crippen MR) is 61.5 cm³/mol. The average Bonchev–Trinajstić information content (AvgIpc) is 2.27. The maximum atomic E-state index is 11.7. The summed E-state index contributed by atoms with van der Waals surface area (Å²) < 4.78 is 0. The largest absolute Gasteiger partial charge is 0.335 e. The van der Waals surface area contributed by atoms with Gasteiger partial charge in [0.1, 0.15) is 5.38 Å². The van der Waals surface area contributed by atoms with Gasteiger partial charge in [-0.3, -0.25) is 4.79 Å². The molecule has 0 saturated heterocycles. The van der Waals surface area contributed by atoms with Crippen molar-refractivity contribution < 1.29 is 4.79 Å². The molecule has 1 amide bonds. The molecule has 0 fully saturated rings. The zero-order valence-electron chi connectivity index (χ0n) is 8.78. The minimum atomic E-state index is -0.498. The Hall–Kier alpha value is -0.870. The van der Waals surface area contributed by atoms with Crippen LogP contribution in [0.1, 0.15) is 18.2 Å². The highest BCUT2D eigenvalue weighted by Crippen LogP contribution is 2.19. The molecular formula is C10H11Cl2N3O. The van der Waals surface area contributed by atoms with Crippen molar-refractivity contribution in [2.24, 2.45) is 0 Å². The summed E-state index contributed by atoms with van der Waals surface area (Å²) in [6.07, 6.45) is 0.750. The van der Waals surface area contributed by atoms with E-state index in [9.17, 15) is 4.79 Å². The quantitative estimate of drug-likeness (QED) is 0.721. The van der Waals surface area contributed by atoms with Crippen LogP contribution in [0.2, 0.25) is 5.15 Å². The van der Waals surface area contributed by atoms with Crippen LogP contribution in [0.3, 0.4) is 0 Å². The zero-order valence-corrected chi connectivity index (χ0v) is 10.3. The second-order valence-electron chi connectivity index (χ2n) is 3.76. The van der Waals surface area contributed by atoms with E-state index < -0.39 is 5.38 Å². The molecule has 6 heteroatoms. The maximum absolute atomic E-state index is 11.7. The molecule has 2 rings (SSSR count). The summed E-state index contributed by atoms with van der Waals surface area (Å²) in [5.74, 6) is -0.0657. The van der Waals surface area contributed by atoms with Gasteiger partial charge in [0.05, 0.1) is 12.2 Å². The highest BCUT2D eigenvalue weighted by Gasteiger charge is 2.24. The molecule has 0 N–H and O–H groups in total. The van der Waals surface area contributed by atoms with Gasteiger partial charge in [-0.05, 0) is 25.0 Å². The molecular weight excluding hydrogens is 249 g/mol. The second kappa shape index (κ2) is 4.55. The van der Waals surface area contributed by atoms with Crippen molar-refractivity contribution in [3.05, 3.63) is 22.5 Å². The molecule has 2 heterocycles. The number of hydrogen-bond acceptors (Lipinski definition) is 3. The Morgan fingerprint density at radius 1 is 1.56 bits per heavy atom. The number of amides is 1. The van der Waals surface area contributed by atoms with Crippen molar-refractivity contribution in [3.8, 4) is 0 Å². The van der Waals surface area contributed by atoms with Gasteiger partial charge in [-0.25, -0.2) is 0 Å². The highest BCUT2D eigenvalue weighted by molar-refractivity contribution is 6.30. The molecule has 0 aliphatic carbocycles. The molecule has 1 aliphatic heterocycles. The molecule has 1 atom stereocenters. The van der Waals surface area contributed by atoms with Crippen molar-refractivity contribution in [1.82, 2.24) is 15.1 Å². The number of hydrogen-bond donors (Lipinski definition) is 0. The fourth-order valence-electron chi connectivity index (χ4n) is 1.73. The molecule has 0 bridgehead atoms. The minimum Gasteiger partial charge on any atom is -0.335 e. The summed E-state index contributed by atoms with van der Waals surface area (Å²) >= 11 is 11.5. The zero-order chi connectivity index (χ0) is 11.7. The molecule has 0 saturated carbocycles. The van der Waals surface area contributed by atoms with Gasteiger partial charge in [0.15, 0.2) is 5.15 Å². The van der Waals surface area contributed by atoms with E-state index in [2.05, 4.69) is 10.2 Å². The summed E-state index contributed by atoms with van der Waals surface area (Å²) in [4.78, 5) is 13.4. The highest BCUT2D eigenvalue weighted by atomic mass is 35.5. The van der Waals surface area contributed by atoms with Gasteiger partial charge in [0.2, 0.25) is 5.91 Å². The molecule has 0 radical (unpaired) electrons. The van der Waals surface area contributed by atoms with E-state index in [0.29, 0.717) is 18.2 Å². The van der Waals surface area contributed by atoms with Crippen LogP contribution < -0.4 is 0 Å². The number of carbonyl (C=O) groups excluding carboxylic acids is 1. The lowest BCUT2D eigenvalue weighted by atomic mass is 10.1. The predicted octanol–water partition coefficient (Wildman–Crippen LogP) is 1.64. The molecule has 0 spiro atoms. The molecule has 0 aromatic carbocycles. The molecule has 1 aromatic heterocycles. The lowest BCUT2D eigenvalue weighted by molar-refractivity contribution is -0.131. The van der Waals surface area contributed by atoms with Gasteiger partial charge in [-0.15, -0.1) is 16.7 Å². The Morgan fingerprint density at radius 3 is 3.00 bits per heavy atom. The first-order valence-corrected chi connectivity index (χ1v) is 5.83. The van der Waals surface area contributed by atoms with E-state index in [4.69, 9.17) is 23.2 Å². The number of fused-ring (bicyclic) bond motifs is 1. The lowest BCUT2D eigenvalue weighted by Crippen LogP contribution is -2.40. The molecule has 86 valence electrons. The first-order chi connectivity index (χ1) is 7.58. The fourth-order valence-corrected chi connectivity index (χ4v) is 2.04. The maximum Gasteiger partial charge on any atom is 0.240 e. The van der Waals surface area contributed by atoms with Gasteiger partial charge in [0, 0.05) is 6.54 Å². The minimum absolute atomic E-state index is 0.0657. The van der Waals surface area contributed by atoms with Crippen LogP contribution in [-0.2, 0) is 17.8 Å². The van der Waals surface area contributed by atoms with E-state index in [1.165, 1.54) is 0 Å². The van der Waals surface area contributed by atoms with Gasteiger partial charge < -0.3 is 4.90 Å². The van der Waals surface area contributed by atoms with Gasteiger partial charge in [0.25, 0.3) is 0 Å².